The average Bonchev–Trinajstić information content (AvgIpc) is 3.81. The first-order valence-electron chi connectivity index (χ1n) is 17.9. The molecule has 2 aromatic heterocycles. The van der Waals surface area contributed by atoms with Gasteiger partial charge in [-0.25, -0.2) is 18.1 Å². The summed E-state index contributed by atoms with van der Waals surface area (Å²) in [6, 6.07) is 4.66. The molecule has 16 nitrogen and oxygen atoms in total. The van der Waals surface area contributed by atoms with Crippen LogP contribution in [-0.2, 0) is 34.6 Å². The highest BCUT2D eigenvalue weighted by Crippen LogP contribution is 2.34. The standard InChI is InChI=1S/C36H43ClN8O8S/c1-35(2,51)29-19-40-43-45(29)25-17-28(33(49)42-36(30(46)31(38)47)10-12-54(52,53)13-11-36)44(20-25)34(50)27(14-21-6-4-3-5-7-21)41-32(48)23-15-22-8-9-24(37)16-26(22)39-18-23/h8-9,15-16,18-19,21,25,28,51H,3-7,10-14,17,20H2,1-2H3,(H2,38,47)(H,42,49)/t25-,28-/m0/s1. The minimum absolute atomic E-state index is 0.0505. The van der Waals surface area contributed by atoms with E-state index in [-0.39, 0.29) is 49.4 Å². The Morgan fingerprint density at radius 1 is 1.07 bits per heavy atom. The second-order valence-electron chi connectivity index (χ2n) is 15.0. The first-order valence-corrected chi connectivity index (χ1v) is 20.1. The van der Waals surface area contributed by atoms with Gasteiger partial charge in [0.25, 0.3) is 17.7 Å². The number of pyridine rings is 1. The van der Waals surface area contributed by atoms with Gasteiger partial charge in [-0.1, -0.05) is 55.0 Å². The van der Waals surface area contributed by atoms with Gasteiger partial charge in [-0.05, 0) is 57.2 Å². The van der Waals surface area contributed by atoms with Crippen LogP contribution < -0.4 is 11.1 Å². The SMILES string of the molecule is CC(C)(O)c1cnnn1[C@H]1C[C@@H](C(=O)NC2(C(=O)C(N)=O)CCS(=O)(=O)CC2)N(C(=O)C(CC2CCCCC2)=NC(=O)c2cnc3cc(Cl)ccc3c2)C1. The van der Waals surface area contributed by atoms with Crippen LogP contribution in [0.2, 0.25) is 5.02 Å². The summed E-state index contributed by atoms with van der Waals surface area (Å²) in [4.78, 5) is 78.2. The molecule has 0 unspecified atom stereocenters. The summed E-state index contributed by atoms with van der Waals surface area (Å²) in [5.41, 5.74) is 3.03. The van der Waals surface area contributed by atoms with Gasteiger partial charge < -0.3 is 21.1 Å². The van der Waals surface area contributed by atoms with E-state index in [2.05, 4.69) is 25.6 Å². The van der Waals surface area contributed by atoms with E-state index >= 15 is 0 Å². The number of aromatic nitrogens is 4. The fraction of sp³-hybridized carbons (Fsp3) is 0.528. The van der Waals surface area contributed by atoms with Crippen molar-refractivity contribution >= 4 is 67.5 Å². The first-order chi connectivity index (χ1) is 25.5. The van der Waals surface area contributed by atoms with Gasteiger partial charge in [0, 0.05) is 29.6 Å². The lowest BCUT2D eigenvalue weighted by atomic mass is 9.85. The predicted octanol–water partition coefficient (Wildman–Crippen LogP) is 2.22. The number of Topliss-reactive ketones (excluding diaryl/α,β-unsaturated/α-hetero) is 1. The van der Waals surface area contributed by atoms with Crippen molar-refractivity contribution in [3.8, 4) is 0 Å². The van der Waals surface area contributed by atoms with Crippen molar-refractivity contribution < 1.29 is 37.5 Å². The molecule has 0 bridgehead atoms. The molecule has 4 amide bonds. The fourth-order valence-electron chi connectivity index (χ4n) is 7.68. The van der Waals surface area contributed by atoms with E-state index in [9.17, 15) is 37.5 Å². The summed E-state index contributed by atoms with van der Waals surface area (Å²) < 4.78 is 26.1. The second-order valence-corrected chi connectivity index (χ2v) is 17.8. The number of rotatable bonds is 10. The lowest BCUT2D eigenvalue weighted by Crippen LogP contribution is -2.64. The van der Waals surface area contributed by atoms with E-state index in [0.717, 1.165) is 32.1 Å². The van der Waals surface area contributed by atoms with Crippen molar-refractivity contribution in [2.45, 2.75) is 94.9 Å². The quantitative estimate of drug-likeness (QED) is 0.199. The molecule has 3 fully saturated rings. The smallest absolute Gasteiger partial charge is 0.287 e. The molecule has 2 aliphatic heterocycles. The third kappa shape index (κ3) is 8.37. The fourth-order valence-corrected chi connectivity index (χ4v) is 9.37. The number of benzene rings is 1. The van der Waals surface area contributed by atoms with Gasteiger partial charge in [0.05, 0.1) is 40.5 Å². The minimum atomic E-state index is -3.54. The number of likely N-dealkylation sites (tertiary alicyclic amines) is 1. The zero-order valence-electron chi connectivity index (χ0n) is 30.0. The number of hydrogen-bond acceptors (Lipinski definition) is 11. The summed E-state index contributed by atoms with van der Waals surface area (Å²) in [5, 5.41) is 22.7. The molecule has 4 N–H and O–H groups in total. The molecule has 2 saturated heterocycles. The van der Waals surface area contributed by atoms with Gasteiger partial charge in [-0.2, -0.15) is 0 Å². The number of halogens is 1. The Balaban J connectivity index is 1.38. The summed E-state index contributed by atoms with van der Waals surface area (Å²) in [6.45, 7) is 2.96. The Morgan fingerprint density at radius 2 is 1.78 bits per heavy atom. The number of ketones is 1. The van der Waals surface area contributed by atoms with Crippen molar-refractivity contribution in [3.63, 3.8) is 0 Å². The second kappa shape index (κ2) is 15.3. The lowest BCUT2D eigenvalue weighted by Gasteiger charge is -2.37. The molecule has 0 radical (unpaired) electrons. The molecule has 54 heavy (non-hydrogen) atoms. The van der Waals surface area contributed by atoms with E-state index in [1.165, 1.54) is 35.8 Å². The van der Waals surface area contributed by atoms with E-state index in [1.807, 2.05) is 0 Å². The van der Waals surface area contributed by atoms with Crippen molar-refractivity contribution in [1.82, 2.24) is 30.2 Å². The van der Waals surface area contributed by atoms with Gasteiger partial charge in [-0.3, -0.25) is 29.0 Å². The molecule has 2 atom stereocenters. The summed E-state index contributed by atoms with van der Waals surface area (Å²) in [5.74, 6) is -5.58. The van der Waals surface area contributed by atoms with Gasteiger partial charge in [0.15, 0.2) is 9.84 Å². The highest BCUT2D eigenvalue weighted by atomic mass is 35.5. The Hall–Kier alpha value is -4.61. The number of nitrogens with two attached hydrogens (primary N) is 1. The lowest BCUT2D eigenvalue weighted by molar-refractivity contribution is -0.143. The summed E-state index contributed by atoms with van der Waals surface area (Å²) in [6.07, 6.45) is 6.66. The molecule has 3 aliphatic rings. The normalized spacial score (nSPS) is 21.9. The van der Waals surface area contributed by atoms with Crippen LogP contribution in [0.4, 0.5) is 0 Å². The Labute approximate surface area is 316 Å². The number of aliphatic hydroxyl groups is 1. The topological polar surface area (TPSA) is 237 Å². The van der Waals surface area contributed by atoms with Crippen LogP contribution in [0, 0.1) is 5.92 Å². The molecule has 6 rings (SSSR count). The number of carbonyl (C=O) groups excluding carboxylic acids is 5. The van der Waals surface area contributed by atoms with Crippen molar-refractivity contribution in [3.05, 3.63) is 52.9 Å². The number of amides is 4. The monoisotopic (exact) mass is 782 g/mol. The highest BCUT2D eigenvalue weighted by Gasteiger charge is 2.50. The number of fused-ring (bicyclic) bond motifs is 1. The molecule has 1 aromatic carbocycles. The van der Waals surface area contributed by atoms with Crippen molar-refractivity contribution in [2.24, 2.45) is 16.6 Å². The number of primary amides is 1. The summed E-state index contributed by atoms with van der Waals surface area (Å²) >= 11 is 6.11. The van der Waals surface area contributed by atoms with Gasteiger partial charge in [-0.15, -0.1) is 5.10 Å². The van der Waals surface area contributed by atoms with Crippen molar-refractivity contribution in [2.75, 3.05) is 18.1 Å². The van der Waals surface area contributed by atoms with Gasteiger partial charge in [0.2, 0.25) is 11.7 Å². The maximum atomic E-state index is 14.8. The molecule has 288 valence electrons. The predicted molar refractivity (Wildman–Crippen MR) is 197 cm³/mol. The molecule has 4 heterocycles. The van der Waals surface area contributed by atoms with Crippen LogP contribution in [0.5, 0.6) is 0 Å². The maximum Gasteiger partial charge on any atom is 0.287 e. The number of carbonyl (C=O) groups is 5. The Bertz CT molecular complexity index is 2130. The van der Waals surface area contributed by atoms with Crippen LogP contribution in [0.3, 0.4) is 0 Å². The number of nitrogens with one attached hydrogen (secondary N) is 1. The highest BCUT2D eigenvalue weighted by molar-refractivity contribution is 7.91. The van der Waals surface area contributed by atoms with Crippen LogP contribution >= 0.6 is 11.6 Å². The zero-order chi connectivity index (χ0) is 39.0. The molecule has 0 spiro atoms. The molecule has 3 aromatic rings. The summed E-state index contributed by atoms with van der Waals surface area (Å²) in [7, 11) is -3.54. The van der Waals surface area contributed by atoms with E-state index in [4.69, 9.17) is 17.3 Å². The average molecular weight is 783 g/mol. The maximum absolute atomic E-state index is 14.8. The molecule has 1 saturated carbocycles. The van der Waals surface area contributed by atoms with E-state index in [0.29, 0.717) is 21.6 Å². The number of hydrogen-bond donors (Lipinski definition) is 3. The number of sulfone groups is 1. The number of nitrogens with zero attached hydrogens (tertiary/aromatic N) is 6. The number of aliphatic imine (C=N–C) groups is 1. The largest absolute Gasteiger partial charge is 0.384 e. The van der Waals surface area contributed by atoms with Crippen LogP contribution in [0.15, 0.2) is 41.7 Å². The van der Waals surface area contributed by atoms with Gasteiger partial charge in [0.1, 0.15) is 22.9 Å². The third-order valence-electron chi connectivity index (χ3n) is 10.7. The van der Waals surface area contributed by atoms with E-state index < -0.39 is 74.0 Å². The molecule has 18 heteroatoms. The Morgan fingerprint density at radius 3 is 2.44 bits per heavy atom. The van der Waals surface area contributed by atoms with Gasteiger partial charge >= 0.3 is 0 Å². The molecule has 1 aliphatic carbocycles. The zero-order valence-corrected chi connectivity index (χ0v) is 31.6. The first kappa shape index (κ1) is 39.1. The molecular weight excluding hydrogens is 740 g/mol. The Kier molecular flexibility index (Phi) is 11.0. The van der Waals surface area contributed by atoms with Crippen LogP contribution in [0.1, 0.15) is 93.7 Å². The minimum Gasteiger partial charge on any atom is -0.384 e. The van der Waals surface area contributed by atoms with Crippen molar-refractivity contribution in [1.29, 1.82) is 0 Å². The van der Waals surface area contributed by atoms with E-state index in [1.54, 1.807) is 24.3 Å². The van der Waals surface area contributed by atoms with Crippen LogP contribution in [-0.4, -0.2) is 103 Å². The van der Waals surface area contributed by atoms with Crippen LogP contribution in [0.25, 0.3) is 10.9 Å². The molecular formula is C36H43ClN8O8S. The third-order valence-corrected chi connectivity index (χ3v) is 12.6.